The van der Waals surface area contributed by atoms with Gasteiger partial charge in [-0.05, 0) is 18.7 Å². The van der Waals surface area contributed by atoms with Crippen molar-refractivity contribution < 1.29 is 4.79 Å². The molecule has 1 rings (SSSR count). The highest BCUT2D eigenvalue weighted by atomic mass is 32.2. The van der Waals surface area contributed by atoms with Crippen molar-refractivity contribution in [1.29, 1.82) is 0 Å². The van der Waals surface area contributed by atoms with Crippen LogP contribution in [0, 0.1) is 0 Å². The highest BCUT2D eigenvalue weighted by Gasteiger charge is 2.04. The van der Waals surface area contributed by atoms with E-state index in [0.717, 1.165) is 16.2 Å². The SMILES string of the molecule is CCSc1ccccc1C(C)=O. The number of ketones is 1. The molecule has 0 fully saturated rings. The first kappa shape index (κ1) is 9.33. The number of Topliss-reactive ketones (excluding diaryl/α,β-unsaturated/α-hetero) is 1. The van der Waals surface area contributed by atoms with Gasteiger partial charge in [0.1, 0.15) is 0 Å². The molecule has 0 saturated carbocycles. The molecule has 12 heavy (non-hydrogen) atoms. The van der Waals surface area contributed by atoms with Gasteiger partial charge in [-0.1, -0.05) is 25.1 Å². The molecule has 0 aliphatic rings. The second kappa shape index (κ2) is 4.31. The average molecular weight is 180 g/mol. The van der Waals surface area contributed by atoms with Crippen molar-refractivity contribution in [2.24, 2.45) is 0 Å². The lowest BCUT2D eigenvalue weighted by Crippen LogP contribution is -1.94. The van der Waals surface area contributed by atoms with E-state index >= 15 is 0 Å². The maximum Gasteiger partial charge on any atom is 0.160 e. The molecule has 0 unspecified atom stereocenters. The van der Waals surface area contributed by atoms with Crippen molar-refractivity contribution >= 4 is 17.5 Å². The molecule has 0 heterocycles. The van der Waals surface area contributed by atoms with Crippen LogP contribution in [-0.2, 0) is 0 Å². The number of carbonyl (C=O) groups excluding carboxylic acids is 1. The van der Waals surface area contributed by atoms with Crippen LogP contribution in [0.15, 0.2) is 29.2 Å². The second-order valence-electron chi connectivity index (χ2n) is 2.49. The van der Waals surface area contributed by atoms with Gasteiger partial charge in [-0.15, -0.1) is 11.8 Å². The molecule has 0 N–H and O–H groups in total. The lowest BCUT2D eigenvalue weighted by Gasteiger charge is -2.03. The molecule has 0 amide bonds. The fraction of sp³-hybridized carbons (Fsp3) is 0.300. The van der Waals surface area contributed by atoms with Crippen LogP contribution in [0.1, 0.15) is 24.2 Å². The topological polar surface area (TPSA) is 17.1 Å². The van der Waals surface area contributed by atoms with Crippen LogP contribution in [0.25, 0.3) is 0 Å². The number of hydrogen-bond acceptors (Lipinski definition) is 2. The number of rotatable bonds is 3. The van der Waals surface area contributed by atoms with E-state index in [1.165, 1.54) is 0 Å². The van der Waals surface area contributed by atoms with Crippen LogP contribution in [0.5, 0.6) is 0 Å². The van der Waals surface area contributed by atoms with Gasteiger partial charge < -0.3 is 0 Å². The Morgan fingerprint density at radius 1 is 1.42 bits per heavy atom. The van der Waals surface area contributed by atoms with E-state index in [1.807, 2.05) is 24.3 Å². The fourth-order valence-corrected chi connectivity index (χ4v) is 1.89. The normalized spacial score (nSPS) is 9.83. The number of thioether (sulfide) groups is 1. The van der Waals surface area contributed by atoms with Crippen molar-refractivity contribution in [2.75, 3.05) is 5.75 Å². The third kappa shape index (κ3) is 2.11. The monoisotopic (exact) mass is 180 g/mol. The fourth-order valence-electron chi connectivity index (χ4n) is 1.04. The number of carbonyl (C=O) groups is 1. The minimum atomic E-state index is 0.145. The molecule has 0 bridgehead atoms. The molecule has 0 saturated heterocycles. The summed E-state index contributed by atoms with van der Waals surface area (Å²) in [5.41, 5.74) is 0.837. The summed E-state index contributed by atoms with van der Waals surface area (Å²) in [6, 6.07) is 7.73. The summed E-state index contributed by atoms with van der Waals surface area (Å²) in [7, 11) is 0. The van der Waals surface area contributed by atoms with E-state index in [4.69, 9.17) is 0 Å². The van der Waals surface area contributed by atoms with Crippen LogP contribution < -0.4 is 0 Å². The van der Waals surface area contributed by atoms with Crippen molar-refractivity contribution in [3.63, 3.8) is 0 Å². The summed E-state index contributed by atoms with van der Waals surface area (Å²) in [5.74, 6) is 1.15. The van der Waals surface area contributed by atoms with E-state index in [-0.39, 0.29) is 5.78 Å². The number of hydrogen-bond donors (Lipinski definition) is 0. The summed E-state index contributed by atoms with van der Waals surface area (Å²) < 4.78 is 0. The quantitative estimate of drug-likeness (QED) is 0.525. The van der Waals surface area contributed by atoms with Crippen LogP contribution >= 0.6 is 11.8 Å². The first-order valence-electron chi connectivity index (χ1n) is 3.98. The molecule has 0 aromatic heterocycles. The summed E-state index contributed by atoms with van der Waals surface area (Å²) in [6.07, 6.45) is 0. The largest absolute Gasteiger partial charge is 0.294 e. The van der Waals surface area contributed by atoms with Crippen molar-refractivity contribution in [1.82, 2.24) is 0 Å². The Balaban J connectivity index is 3.00. The minimum Gasteiger partial charge on any atom is -0.294 e. The van der Waals surface area contributed by atoms with Crippen LogP contribution in [0.4, 0.5) is 0 Å². The molecule has 0 radical (unpaired) electrons. The van der Waals surface area contributed by atoms with Crippen molar-refractivity contribution in [3.05, 3.63) is 29.8 Å². The highest BCUT2D eigenvalue weighted by molar-refractivity contribution is 7.99. The standard InChI is InChI=1S/C10H12OS/c1-3-12-10-7-5-4-6-9(10)8(2)11/h4-7H,3H2,1-2H3. The molecule has 2 heteroatoms. The Labute approximate surface area is 77.2 Å². The van der Waals surface area contributed by atoms with E-state index in [0.29, 0.717) is 0 Å². The van der Waals surface area contributed by atoms with Gasteiger partial charge in [0.25, 0.3) is 0 Å². The molecule has 0 spiro atoms. The van der Waals surface area contributed by atoms with Crippen LogP contribution in [-0.4, -0.2) is 11.5 Å². The summed E-state index contributed by atoms with van der Waals surface area (Å²) in [5, 5.41) is 0. The van der Waals surface area contributed by atoms with E-state index in [2.05, 4.69) is 6.92 Å². The maximum atomic E-state index is 11.1. The first-order valence-corrected chi connectivity index (χ1v) is 4.97. The van der Waals surface area contributed by atoms with E-state index in [9.17, 15) is 4.79 Å². The molecular formula is C10H12OS. The molecule has 64 valence electrons. The van der Waals surface area contributed by atoms with Gasteiger partial charge in [-0.25, -0.2) is 0 Å². The first-order chi connectivity index (χ1) is 5.75. The van der Waals surface area contributed by atoms with Gasteiger partial charge in [0, 0.05) is 10.5 Å². The highest BCUT2D eigenvalue weighted by Crippen LogP contribution is 2.22. The zero-order chi connectivity index (χ0) is 8.97. The lowest BCUT2D eigenvalue weighted by molar-refractivity contribution is 0.101. The van der Waals surface area contributed by atoms with Gasteiger partial charge in [0.15, 0.2) is 5.78 Å². The Morgan fingerprint density at radius 3 is 2.67 bits per heavy atom. The van der Waals surface area contributed by atoms with Crippen LogP contribution in [0.3, 0.4) is 0 Å². The zero-order valence-electron chi connectivity index (χ0n) is 7.33. The molecule has 0 aliphatic heterocycles. The smallest absolute Gasteiger partial charge is 0.160 e. The summed E-state index contributed by atoms with van der Waals surface area (Å²) >= 11 is 1.71. The molecule has 0 aliphatic carbocycles. The maximum absolute atomic E-state index is 11.1. The molecular weight excluding hydrogens is 168 g/mol. The Kier molecular flexibility index (Phi) is 3.35. The lowest BCUT2D eigenvalue weighted by atomic mass is 10.1. The Morgan fingerprint density at radius 2 is 2.08 bits per heavy atom. The third-order valence-electron chi connectivity index (χ3n) is 1.57. The van der Waals surface area contributed by atoms with Crippen LogP contribution in [0.2, 0.25) is 0 Å². The molecule has 1 aromatic carbocycles. The van der Waals surface area contributed by atoms with Gasteiger partial charge in [0.2, 0.25) is 0 Å². The third-order valence-corrected chi connectivity index (χ3v) is 2.52. The minimum absolute atomic E-state index is 0.145. The number of benzene rings is 1. The summed E-state index contributed by atoms with van der Waals surface area (Å²) in [6.45, 7) is 3.69. The van der Waals surface area contributed by atoms with E-state index in [1.54, 1.807) is 18.7 Å². The van der Waals surface area contributed by atoms with Gasteiger partial charge in [-0.2, -0.15) is 0 Å². The zero-order valence-corrected chi connectivity index (χ0v) is 8.15. The molecule has 0 atom stereocenters. The van der Waals surface area contributed by atoms with Gasteiger partial charge in [-0.3, -0.25) is 4.79 Å². The predicted octanol–water partition coefficient (Wildman–Crippen LogP) is 3.00. The second-order valence-corrected chi connectivity index (χ2v) is 3.79. The van der Waals surface area contributed by atoms with Gasteiger partial charge >= 0.3 is 0 Å². The average Bonchev–Trinajstić information content (AvgIpc) is 2.05. The Bertz CT molecular complexity index is 281. The van der Waals surface area contributed by atoms with Crippen molar-refractivity contribution in [2.45, 2.75) is 18.7 Å². The molecule has 1 nitrogen and oxygen atoms in total. The van der Waals surface area contributed by atoms with Crippen molar-refractivity contribution in [3.8, 4) is 0 Å². The van der Waals surface area contributed by atoms with E-state index < -0.39 is 0 Å². The Hall–Kier alpha value is -0.760. The molecule has 1 aromatic rings. The summed E-state index contributed by atoms with van der Waals surface area (Å²) in [4.78, 5) is 12.2. The predicted molar refractivity (Wildman–Crippen MR) is 52.8 cm³/mol. The van der Waals surface area contributed by atoms with Gasteiger partial charge in [0.05, 0.1) is 0 Å².